The summed E-state index contributed by atoms with van der Waals surface area (Å²) in [5.41, 5.74) is 3.79. The lowest BCUT2D eigenvalue weighted by atomic mass is 9.70. The minimum Gasteiger partial charge on any atom is -0.0996 e. The molecule has 0 N–H and O–H groups in total. The van der Waals surface area contributed by atoms with E-state index in [1.165, 1.54) is 16.7 Å². The molecule has 2 rings (SSSR count). The van der Waals surface area contributed by atoms with E-state index in [0.717, 1.165) is 0 Å². The van der Waals surface area contributed by atoms with Crippen LogP contribution >= 0.6 is 0 Å². The topological polar surface area (TPSA) is 0 Å². The molecule has 1 atom stereocenters. The van der Waals surface area contributed by atoms with Gasteiger partial charge in [-0.2, -0.15) is 0 Å². The fourth-order valence-corrected chi connectivity index (χ4v) is 2.47. The molecule has 0 fully saturated rings. The molecule has 0 nitrogen and oxygen atoms in total. The molecule has 108 valence electrons. The zero-order chi connectivity index (χ0) is 15.3. The van der Waals surface area contributed by atoms with Crippen LogP contribution in [-0.4, -0.2) is 0 Å². The third-order valence-electron chi connectivity index (χ3n) is 4.32. The van der Waals surface area contributed by atoms with Crippen LogP contribution in [-0.2, 0) is 0 Å². The summed E-state index contributed by atoms with van der Waals surface area (Å²) >= 11 is 0. The zero-order valence-corrected chi connectivity index (χ0v) is 13.2. The molecule has 0 radical (unpaired) electrons. The van der Waals surface area contributed by atoms with Gasteiger partial charge in [-0.1, -0.05) is 98.8 Å². The molecular weight excluding hydrogens is 252 g/mol. The highest BCUT2D eigenvalue weighted by Gasteiger charge is 2.29. The Morgan fingerprint density at radius 3 is 2.00 bits per heavy atom. The molecule has 0 aliphatic carbocycles. The highest BCUT2D eigenvalue weighted by atomic mass is 14.3. The first-order chi connectivity index (χ1) is 10.0. The number of hydrogen-bond donors (Lipinski definition) is 0. The fraction of sp³-hybridized carbons (Fsp3) is 0.238. The van der Waals surface area contributed by atoms with E-state index >= 15 is 0 Å². The molecule has 2 aromatic carbocycles. The van der Waals surface area contributed by atoms with Crippen LogP contribution in [0.2, 0.25) is 0 Å². The summed E-state index contributed by atoms with van der Waals surface area (Å²) in [6, 6.07) is 21.1. The molecule has 0 aromatic heterocycles. The average molecular weight is 276 g/mol. The molecular formula is C21H24. The van der Waals surface area contributed by atoms with E-state index in [1.807, 2.05) is 6.07 Å². The van der Waals surface area contributed by atoms with Crippen molar-refractivity contribution in [2.75, 3.05) is 0 Å². The lowest BCUT2D eigenvalue weighted by Gasteiger charge is -2.33. The summed E-state index contributed by atoms with van der Waals surface area (Å²) in [6.07, 6.45) is 4.52. The van der Waals surface area contributed by atoms with Crippen LogP contribution in [0.15, 0.2) is 78.9 Å². The number of allylic oxidation sites excluding steroid dienone is 2. The maximum absolute atomic E-state index is 4.19. The van der Waals surface area contributed by atoms with E-state index in [1.54, 1.807) is 0 Å². The first kappa shape index (κ1) is 15.3. The molecule has 2 aromatic rings. The molecule has 0 heteroatoms. The van der Waals surface area contributed by atoms with Crippen molar-refractivity contribution in [3.8, 4) is 0 Å². The highest BCUT2D eigenvalue weighted by Crippen LogP contribution is 2.41. The Balaban J connectivity index is 2.38. The fourth-order valence-electron chi connectivity index (χ4n) is 2.47. The summed E-state index contributed by atoms with van der Waals surface area (Å²) in [5.74, 6) is 0.316. The van der Waals surface area contributed by atoms with Gasteiger partial charge in [0.1, 0.15) is 0 Å². The van der Waals surface area contributed by atoms with Crippen LogP contribution in [0, 0.1) is 5.41 Å². The van der Waals surface area contributed by atoms with Crippen LogP contribution in [0.3, 0.4) is 0 Å². The first-order valence-corrected chi connectivity index (χ1v) is 7.46. The Labute approximate surface area is 128 Å². The molecule has 0 saturated heterocycles. The van der Waals surface area contributed by atoms with Crippen molar-refractivity contribution in [2.45, 2.75) is 26.7 Å². The van der Waals surface area contributed by atoms with Crippen molar-refractivity contribution in [1.82, 2.24) is 0 Å². The van der Waals surface area contributed by atoms with E-state index in [4.69, 9.17) is 0 Å². The lowest BCUT2D eigenvalue weighted by molar-refractivity contribution is 0.399. The van der Waals surface area contributed by atoms with Gasteiger partial charge in [-0.05, 0) is 23.5 Å². The van der Waals surface area contributed by atoms with Crippen molar-refractivity contribution < 1.29 is 0 Å². The molecule has 21 heavy (non-hydrogen) atoms. The van der Waals surface area contributed by atoms with Crippen LogP contribution < -0.4 is 0 Å². The molecule has 0 spiro atoms. The minimum absolute atomic E-state index is 0.0205. The van der Waals surface area contributed by atoms with E-state index in [2.05, 4.69) is 94.1 Å². The summed E-state index contributed by atoms with van der Waals surface area (Å²) < 4.78 is 0. The van der Waals surface area contributed by atoms with E-state index in [9.17, 15) is 0 Å². The highest BCUT2D eigenvalue weighted by molar-refractivity contribution is 5.51. The predicted octanol–water partition coefficient (Wildman–Crippen LogP) is 6.09. The van der Waals surface area contributed by atoms with Crippen molar-refractivity contribution in [1.29, 1.82) is 0 Å². The molecule has 0 aliphatic rings. The number of benzene rings is 2. The van der Waals surface area contributed by atoms with Crippen molar-refractivity contribution in [3.63, 3.8) is 0 Å². The van der Waals surface area contributed by atoms with Gasteiger partial charge in [0.05, 0.1) is 0 Å². The van der Waals surface area contributed by atoms with E-state index in [-0.39, 0.29) is 5.41 Å². The Hall–Kier alpha value is -2.08. The van der Waals surface area contributed by atoms with Crippen molar-refractivity contribution in [3.05, 3.63) is 90.0 Å². The Morgan fingerprint density at radius 2 is 1.48 bits per heavy atom. The summed E-state index contributed by atoms with van der Waals surface area (Å²) in [6.45, 7) is 10.8. The summed E-state index contributed by atoms with van der Waals surface area (Å²) in [5, 5.41) is 0. The quantitative estimate of drug-likeness (QED) is 0.580. The minimum atomic E-state index is 0.0205. The molecule has 0 saturated carbocycles. The summed E-state index contributed by atoms with van der Waals surface area (Å²) in [4.78, 5) is 0. The zero-order valence-electron chi connectivity index (χ0n) is 13.2. The standard InChI is InChI=1S/C21H24/c1-17(2)21(3,4)20(19-13-9-6-10-14-19)16-15-18-11-7-5-8-12-18/h5-16,20H,1H2,2-4H3/b16-15+. The van der Waals surface area contributed by atoms with E-state index < -0.39 is 0 Å². The molecule has 0 heterocycles. The molecule has 1 unspecified atom stereocenters. The van der Waals surface area contributed by atoms with Crippen LogP contribution in [0.5, 0.6) is 0 Å². The predicted molar refractivity (Wildman–Crippen MR) is 93.3 cm³/mol. The van der Waals surface area contributed by atoms with Gasteiger partial charge in [-0.25, -0.2) is 0 Å². The normalized spacial score (nSPS) is 13.3. The lowest BCUT2D eigenvalue weighted by Crippen LogP contribution is -2.21. The SMILES string of the molecule is C=C(C)C(C)(C)C(/C=C/c1ccccc1)c1ccccc1. The number of rotatable bonds is 5. The third kappa shape index (κ3) is 3.72. The van der Waals surface area contributed by atoms with Gasteiger partial charge >= 0.3 is 0 Å². The van der Waals surface area contributed by atoms with Gasteiger partial charge in [0.15, 0.2) is 0 Å². The molecule has 0 bridgehead atoms. The maximum Gasteiger partial charge on any atom is 0.0109 e. The maximum atomic E-state index is 4.19. The second-order valence-corrected chi connectivity index (χ2v) is 6.16. The van der Waals surface area contributed by atoms with Crippen molar-refractivity contribution >= 4 is 6.08 Å². The molecule has 0 aliphatic heterocycles. The second-order valence-electron chi connectivity index (χ2n) is 6.16. The van der Waals surface area contributed by atoms with Gasteiger partial charge in [-0.3, -0.25) is 0 Å². The van der Waals surface area contributed by atoms with Crippen LogP contribution in [0.25, 0.3) is 6.08 Å². The number of hydrogen-bond acceptors (Lipinski definition) is 0. The largest absolute Gasteiger partial charge is 0.0996 e. The van der Waals surface area contributed by atoms with Gasteiger partial charge in [-0.15, -0.1) is 0 Å². The first-order valence-electron chi connectivity index (χ1n) is 7.46. The van der Waals surface area contributed by atoms with Crippen LogP contribution in [0.1, 0.15) is 37.8 Å². The Kier molecular flexibility index (Phi) is 4.80. The van der Waals surface area contributed by atoms with Gasteiger partial charge in [0.25, 0.3) is 0 Å². The van der Waals surface area contributed by atoms with Gasteiger partial charge in [0.2, 0.25) is 0 Å². The Morgan fingerprint density at radius 1 is 0.952 bits per heavy atom. The molecule has 0 amide bonds. The monoisotopic (exact) mass is 276 g/mol. The summed E-state index contributed by atoms with van der Waals surface area (Å²) in [7, 11) is 0. The van der Waals surface area contributed by atoms with Gasteiger partial charge < -0.3 is 0 Å². The van der Waals surface area contributed by atoms with Crippen molar-refractivity contribution in [2.24, 2.45) is 5.41 Å². The smallest absolute Gasteiger partial charge is 0.0109 e. The Bertz CT molecular complexity index is 603. The average Bonchev–Trinajstić information content (AvgIpc) is 2.49. The third-order valence-corrected chi connectivity index (χ3v) is 4.32. The van der Waals surface area contributed by atoms with Crippen LogP contribution in [0.4, 0.5) is 0 Å². The second kappa shape index (κ2) is 6.58. The van der Waals surface area contributed by atoms with E-state index in [0.29, 0.717) is 5.92 Å². The van der Waals surface area contributed by atoms with Gasteiger partial charge in [0, 0.05) is 5.92 Å².